The van der Waals surface area contributed by atoms with Crippen molar-refractivity contribution in [3.8, 4) is 0 Å². The van der Waals surface area contributed by atoms with Crippen LogP contribution >= 0.6 is 0 Å². The molecule has 0 saturated heterocycles. The van der Waals surface area contributed by atoms with Gasteiger partial charge in [0.2, 0.25) is 0 Å². The zero-order valence-electron chi connectivity index (χ0n) is 8.44. The Hall–Kier alpha value is -1.58. The zero-order chi connectivity index (χ0) is 12.3. The molecule has 0 amide bonds. The molecule has 0 N–H and O–H groups in total. The molecule has 4 heteroatoms. The molecule has 0 heterocycles. The van der Waals surface area contributed by atoms with Crippen molar-refractivity contribution in [1.29, 1.82) is 0 Å². The second-order valence-electron chi connectivity index (χ2n) is 3.39. The van der Waals surface area contributed by atoms with E-state index in [2.05, 4.69) is 13.2 Å². The smallest absolute Gasteiger partial charge is 0.207 e. The minimum atomic E-state index is -4.41. The number of rotatable bonds is 3. The summed E-state index contributed by atoms with van der Waals surface area (Å²) in [6.45, 7) is 6.47. The van der Waals surface area contributed by atoms with Crippen molar-refractivity contribution in [3.05, 3.63) is 54.4 Å². The Morgan fingerprint density at radius 3 is 2.00 bits per heavy atom. The van der Waals surface area contributed by atoms with Gasteiger partial charge in [-0.1, -0.05) is 25.3 Å². The van der Waals surface area contributed by atoms with Crippen LogP contribution in [0.15, 0.2) is 43.0 Å². The summed E-state index contributed by atoms with van der Waals surface area (Å²) in [6.07, 6.45) is -4.78. The fourth-order valence-electron chi connectivity index (χ4n) is 1.15. The largest absolute Gasteiger partial charge is 0.412 e. The van der Waals surface area contributed by atoms with Crippen molar-refractivity contribution in [1.82, 2.24) is 0 Å². The third-order valence-electron chi connectivity index (χ3n) is 2.08. The van der Waals surface area contributed by atoms with Gasteiger partial charge in [0, 0.05) is 12.0 Å². The van der Waals surface area contributed by atoms with E-state index in [9.17, 15) is 17.6 Å². The maximum absolute atomic E-state index is 12.6. The third-order valence-corrected chi connectivity index (χ3v) is 2.08. The lowest BCUT2D eigenvalue weighted by atomic mass is 10.0. The SMILES string of the molecule is C=C(CC(=C)C(F)(F)F)c1ccc(F)cc1. The number of hydrogen-bond donors (Lipinski definition) is 0. The van der Waals surface area contributed by atoms with E-state index in [0.717, 1.165) is 0 Å². The Labute approximate surface area is 90.9 Å². The maximum Gasteiger partial charge on any atom is 0.412 e. The Morgan fingerprint density at radius 1 is 1.06 bits per heavy atom. The number of hydrogen-bond acceptors (Lipinski definition) is 0. The predicted octanol–water partition coefficient (Wildman–Crippen LogP) is 4.35. The van der Waals surface area contributed by atoms with Crippen LogP contribution < -0.4 is 0 Å². The highest BCUT2D eigenvalue weighted by atomic mass is 19.4. The van der Waals surface area contributed by atoms with Crippen molar-refractivity contribution >= 4 is 5.57 Å². The highest BCUT2D eigenvalue weighted by Gasteiger charge is 2.31. The van der Waals surface area contributed by atoms with Crippen molar-refractivity contribution in [2.75, 3.05) is 0 Å². The lowest BCUT2D eigenvalue weighted by molar-refractivity contribution is -0.0922. The van der Waals surface area contributed by atoms with E-state index in [4.69, 9.17) is 0 Å². The summed E-state index contributed by atoms with van der Waals surface area (Å²) in [5.41, 5.74) is -0.115. The molecule has 86 valence electrons. The summed E-state index contributed by atoms with van der Waals surface area (Å²) in [4.78, 5) is 0. The van der Waals surface area contributed by atoms with Gasteiger partial charge in [0.1, 0.15) is 5.82 Å². The summed E-state index contributed by atoms with van der Waals surface area (Å²) < 4.78 is 49.1. The summed E-state index contributed by atoms with van der Waals surface area (Å²) in [5, 5.41) is 0. The van der Waals surface area contributed by atoms with Crippen molar-refractivity contribution < 1.29 is 17.6 Å². The van der Waals surface area contributed by atoms with E-state index in [1.807, 2.05) is 0 Å². The second kappa shape index (κ2) is 4.51. The van der Waals surface area contributed by atoms with Gasteiger partial charge in [-0.3, -0.25) is 0 Å². The van der Waals surface area contributed by atoms with Gasteiger partial charge in [-0.2, -0.15) is 13.2 Å². The maximum atomic E-state index is 12.6. The fourth-order valence-corrected chi connectivity index (χ4v) is 1.15. The Balaban J connectivity index is 2.74. The first-order valence-corrected chi connectivity index (χ1v) is 4.49. The molecule has 0 bridgehead atoms. The number of benzene rings is 1. The van der Waals surface area contributed by atoms with Crippen LogP contribution in [0.5, 0.6) is 0 Å². The number of alkyl halides is 3. The van der Waals surface area contributed by atoms with Gasteiger partial charge in [-0.05, 0) is 23.3 Å². The standard InChI is InChI=1S/C12H10F4/c1-8(7-9(2)12(14,15)16)10-3-5-11(13)6-4-10/h3-6H,1-2,7H2. The summed E-state index contributed by atoms with van der Waals surface area (Å²) in [6, 6.07) is 5.14. The van der Waals surface area contributed by atoms with E-state index in [-0.39, 0.29) is 12.0 Å². The Bertz CT molecular complexity index is 398. The van der Waals surface area contributed by atoms with Crippen LogP contribution in [-0.4, -0.2) is 6.18 Å². The van der Waals surface area contributed by atoms with Gasteiger partial charge in [-0.15, -0.1) is 0 Å². The van der Waals surface area contributed by atoms with Gasteiger partial charge >= 0.3 is 6.18 Å². The van der Waals surface area contributed by atoms with Crippen LogP contribution in [0.25, 0.3) is 5.57 Å². The van der Waals surface area contributed by atoms with Gasteiger partial charge in [0.15, 0.2) is 0 Å². The average Bonchev–Trinajstić information content (AvgIpc) is 2.17. The molecule has 0 aromatic heterocycles. The van der Waals surface area contributed by atoms with Crippen LogP contribution in [0, 0.1) is 5.82 Å². The second-order valence-corrected chi connectivity index (χ2v) is 3.39. The van der Waals surface area contributed by atoms with Crippen LogP contribution in [0.1, 0.15) is 12.0 Å². The molecular formula is C12H10F4. The van der Waals surface area contributed by atoms with E-state index >= 15 is 0 Å². The molecule has 0 unspecified atom stereocenters. The molecule has 0 fully saturated rings. The third kappa shape index (κ3) is 3.22. The fraction of sp³-hybridized carbons (Fsp3) is 0.167. The van der Waals surface area contributed by atoms with Crippen molar-refractivity contribution in [2.45, 2.75) is 12.6 Å². The van der Waals surface area contributed by atoms with Gasteiger partial charge in [0.05, 0.1) is 0 Å². The Morgan fingerprint density at radius 2 is 1.56 bits per heavy atom. The normalized spacial score (nSPS) is 11.2. The Kier molecular flexibility index (Phi) is 3.52. The van der Waals surface area contributed by atoms with Crippen LogP contribution in [0.4, 0.5) is 17.6 Å². The summed E-state index contributed by atoms with van der Waals surface area (Å²) in [5.74, 6) is -0.439. The van der Waals surface area contributed by atoms with E-state index in [0.29, 0.717) is 5.56 Å². The monoisotopic (exact) mass is 230 g/mol. The number of halogens is 4. The van der Waals surface area contributed by atoms with Crippen LogP contribution in [0.2, 0.25) is 0 Å². The number of allylic oxidation sites excluding steroid dienone is 2. The van der Waals surface area contributed by atoms with Gasteiger partial charge in [-0.25, -0.2) is 4.39 Å². The quantitative estimate of drug-likeness (QED) is 0.535. The lowest BCUT2D eigenvalue weighted by Crippen LogP contribution is -2.10. The first-order chi connectivity index (χ1) is 7.30. The van der Waals surface area contributed by atoms with Crippen molar-refractivity contribution in [3.63, 3.8) is 0 Å². The molecule has 0 nitrogen and oxygen atoms in total. The van der Waals surface area contributed by atoms with Crippen LogP contribution in [0.3, 0.4) is 0 Å². The molecule has 0 radical (unpaired) electrons. The van der Waals surface area contributed by atoms with E-state index < -0.39 is 17.6 Å². The van der Waals surface area contributed by atoms with E-state index in [1.54, 1.807) is 0 Å². The lowest BCUT2D eigenvalue weighted by Gasteiger charge is -2.11. The van der Waals surface area contributed by atoms with Crippen molar-refractivity contribution in [2.24, 2.45) is 0 Å². The van der Waals surface area contributed by atoms with Gasteiger partial charge < -0.3 is 0 Å². The molecule has 16 heavy (non-hydrogen) atoms. The minimum Gasteiger partial charge on any atom is -0.207 e. The molecule has 0 saturated carbocycles. The highest BCUT2D eigenvalue weighted by Crippen LogP contribution is 2.31. The van der Waals surface area contributed by atoms with Crippen LogP contribution in [-0.2, 0) is 0 Å². The molecule has 0 aliphatic carbocycles. The molecule has 1 aromatic rings. The average molecular weight is 230 g/mol. The molecule has 1 rings (SSSR count). The summed E-state index contributed by atoms with van der Waals surface area (Å²) in [7, 11) is 0. The first kappa shape index (κ1) is 12.5. The molecule has 0 aliphatic rings. The summed E-state index contributed by atoms with van der Waals surface area (Å²) >= 11 is 0. The molecule has 0 atom stereocenters. The van der Waals surface area contributed by atoms with E-state index in [1.165, 1.54) is 24.3 Å². The predicted molar refractivity (Wildman–Crippen MR) is 55.2 cm³/mol. The first-order valence-electron chi connectivity index (χ1n) is 4.49. The minimum absolute atomic E-state index is 0.266. The molecule has 1 aromatic carbocycles. The molecular weight excluding hydrogens is 220 g/mol. The molecule has 0 aliphatic heterocycles. The topological polar surface area (TPSA) is 0 Å². The van der Waals surface area contributed by atoms with Gasteiger partial charge in [0.25, 0.3) is 0 Å². The molecule has 0 spiro atoms. The zero-order valence-corrected chi connectivity index (χ0v) is 8.44. The highest BCUT2D eigenvalue weighted by molar-refractivity contribution is 5.65.